The lowest BCUT2D eigenvalue weighted by Gasteiger charge is -1.96. The molecule has 1 aromatic carbocycles. The first-order chi connectivity index (χ1) is 4.86. The van der Waals surface area contributed by atoms with E-state index in [-0.39, 0.29) is 0 Å². The second-order valence-corrected chi connectivity index (χ2v) is 2.94. The van der Waals surface area contributed by atoms with Gasteiger partial charge in [-0.25, -0.2) is 0 Å². The SMILES string of the molecule is NSc1ccc(CS)cc1. The van der Waals surface area contributed by atoms with Crippen molar-refractivity contribution in [2.45, 2.75) is 10.6 Å². The summed E-state index contributed by atoms with van der Waals surface area (Å²) in [6, 6.07) is 8.05. The first-order valence-electron chi connectivity index (χ1n) is 2.93. The van der Waals surface area contributed by atoms with Crippen molar-refractivity contribution in [3.63, 3.8) is 0 Å². The van der Waals surface area contributed by atoms with Crippen molar-refractivity contribution in [3.8, 4) is 0 Å². The fourth-order valence-electron chi connectivity index (χ4n) is 0.673. The Morgan fingerprint density at radius 1 is 1.30 bits per heavy atom. The van der Waals surface area contributed by atoms with Gasteiger partial charge in [0.15, 0.2) is 0 Å². The maximum atomic E-state index is 5.34. The molecule has 0 bridgehead atoms. The summed E-state index contributed by atoms with van der Waals surface area (Å²) in [6.07, 6.45) is 0. The van der Waals surface area contributed by atoms with Gasteiger partial charge in [-0.15, -0.1) is 0 Å². The largest absolute Gasteiger partial charge is 0.274 e. The first-order valence-corrected chi connectivity index (χ1v) is 4.44. The highest BCUT2D eigenvalue weighted by atomic mass is 32.2. The Kier molecular flexibility index (Phi) is 3.12. The molecular formula is C7H9NS2. The van der Waals surface area contributed by atoms with E-state index in [4.69, 9.17) is 5.14 Å². The van der Waals surface area contributed by atoms with Gasteiger partial charge in [0.2, 0.25) is 0 Å². The van der Waals surface area contributed by atoms with Crippen molar-refractivity contribution in [2.24, 2.45) is 5.14 Å². The molecular weight excluding hydrogens is 162 g/mol. The average molecular weight is 171 g/mol. The predicted molar refractivity (Wildman–Crippen MR) is 49.2 cm³/mol. The third-order valence-corrected chi connectivity index (χ3v) is 2.15. The number of nitrogens with two attached hydrogens (primary N) is 1. The molecule has 0 atom stereocenters. The Bertz CT molecular complexity index is 172. The second kappa shape index (κ2) is 3.91. The Morgan fingerprint density at radius 2 is 1.90 bits per heavy atom. The molecule has 0 aliphatic carbocycles. The van der Waals surface area contributed by atoms with Crippen LogP contribution in [0.2, 0.25) is 0 Å². The van der Waals surface area contributed by atoms with E-state index >= 15 is 0 Å². The predicted octanol–water partition coefficient (Wildman–Crippen LogP) is 2.08. The zero-order chi connectivity index (χ0) is 7.40. The summed E-state index contributed by atoms with van der Waals surface area (Å²) in [6.45, 7) is 0. The highest BCUT2D eigenvalue weighted by Gasteiger charge is 1.89. The number of thiol groups is 1. The van der Waals surface area contributed by atoms with Crippen molar-refractivity contribution in [2.75, 3.05) is 0 Å². The minimum absolute atomic E-state index is 0.787. The van der Waals surface area contributed by atoms with Crippen LogP contribution in [0.15, 0.2) is 29.2 Å². The third-order valence-electron chi connectivity index (χ3n) is 1.24. The fraction of sp³-hybridized carbons (Fsp3) is 0.143. The van der Waals surface area contributed by atoms with Gasteiger partial charge in [0.05, 0.1) is 0 Å². The standard InChI is InChI=1S/C7H9NS2/c8-10-7-3-1-6(5-9)2-4-7/h1-4,9H,5,8H2. The van der Waals surface area contributed by atoms with Crippen molar-refractivity contribution < 1.29 is 0 Å². The molecule has 1 rings (SSSR count). The van der Waals surface area contributed by atoms with Crippen molar-refractivity contribution >= 4 is 24.6 Å². The minimum Gasteiger partial charge on any atom is -0.274 e. The van der Waals surface area contributed by atoms with Crippen LogP contribution in [-0.4, -0.2) is 0 Å². The van der Waals surface area contributed by atoms with E-state index in [9.17, 15) is 0 Å². The van der Waals surface area contributed by atoms with Gasteiger partial charge in [-0.05, 0) is 29.6 Å². The second-order valence-electron chi connectivity index (χ2n) is 1.92. The Hall–Kier alpha value is -0.120. The summed E-state index contributed by atoms with van der Waals surface area (Å²) in [5.74, 6) is 0.787. The molecule has 1 aromatic rings. The van der Waals surface area contributed by atoms with Gasteiger partial charge in [0, 0.05) is 10.6 Å². The van der Waals surface area contributed by atoms with Gasteiger partial charge in [-0.1, -0.05) is 12.1 Å². The monoisotopic (exact) mass is 171 g/mol. The van der Waals surface area contributed by atoms with E-state index in [2.05, 4.69) is 12.6 Å². The third kappa shape index (κ3) is 1.94. The maximum Gasteiger partial charge on any atom is 0.0226 e. The van der Waals surface area contributed by atoms with Crippen LogP contribution in [0.3, 0.4) is 0 Å². The molecule has 0 spiro atoms. The summed E-state index contributed by atoms with van der Waals surface area (Å²) in [4.78, 5) is 1.09. The van der Waals surface area contributed by atoms with Gasteiger partial charge >= 0.3 is 0 Å². The summed E-state index contributed by atoms with van der Waals surface area (Å²) < 4.78 is 0. The van der Waals surface area contributed by atoms with Crippen LogP contribution in [0.1, 0.15) is 5.56 Å². The summed E-state index contributed by atoms with van der Waals surface area (Å²) >= 11 is 5.40. The average Bonchev–Trinajstić information content (AvgIpc) is 2.05. The van der Waals surface area contributed by atoms with Gasteiger partial charge in [0.1, 0.15) is 0 Å². The molecule has 0 fully saturated rings. The van der Waals surface area contributed by atoms with E-state index in [0.29, 0.717) is 0 Å². The molecule has 2 N–H and O–H groups in total. The van der Waals surface area contributed by atoms with Crippen LogP contribution >= 0.6 is 24.6 Å². The van der Waals surface area contributed by atoms with Crippen LogP contribution < -0.4 is 5.14 Å². The Balaban J connectivity index is 2.80. The summed E-state index contributed by atoms with van der Waals surface area (Å²) in [7, 11) is 0. The number of benzene rings is 1. The molecule has 0 aliphatic heterocycles. The van der Waals surface area contributed by atoms with E-state index < -0.39 is 0 Å². The van der Waals surface area contributed by atoms with E-state index in [1.807, 2.05) is 24.3 Å². The van der Waals surface area contributed by atoms with Gasteiger partial charge < -0.3 is 0 Å². The van der Waals surface area contributed by atoms with E-state index in [1.54, 1.807) is 0 Å². The van der Waals surface area contributed by atoms with Crippen LogP contribution in [0, 0.1) is 0 Å². The molecule has 54 valence electrons. The highest BCUT2D eigenvalue weighted by Crippen LogP contribution is 2.12. The lowest BCUT2D eigenvalue weighted by atomic mass is 10.2. The van der Waals surface area contributed by atoms with Gasteiger partial charge in [0.25, 0.3) is 0 Å². The summed E-state index contributed by atoms with van der Waals surface area (Å²) in [5, 5.41) is 5.34. The lowest BCUT2D eigenvalue weighted by Crippen LogP contribution is -1.80. The Morgan fingerprint density at radius 3 is 2.30 bits per heavy atom. The van der Waals surface area contributed by atoms with Crippen LogP contribution in [-0.2, 0) is 5.75 Å². The molecule has 0 amide bonds. The lowest BCUT2D eigenvalue weighted by molar-refractivity contribution is 1.35. The topological polar surface area (TPSA) is 26.0 Å². The van der Waals surface area contributed by atoms with Crippen LogP contribution in [0.5, 0.6) is 0 Å². The fourth-order valence-corrected chi connectivity index (χ4v) is 1.18. The summed E-state index contributed by atoms with van der Waals surface area (Å²) in [5.41, 5.74) is 1.22. The molecule has 10 heavy (non-hydrogen) atoms. The molecule has 0 heterocycles. The van der Waals surface area contributed by atoms with Crippen molar-refractivity contribution in [3.05, 3.63) is 29.8 Å². The number of hydrogen-bond donors (Lipinski definition) is 2. The number of hydrogen-bond acceptors (Lipinski definition) is 3. The quantitative estimate of drug-likeness (QED) is 0.526. The van der Waals surface area contributed by atoms with E-state index in [1.165, 1.54) is 17.5 Å². The maximum absolute atomic E-state index is 5.34. The van der Waals surface area contributed by atoms with Crippen LogP contribution in [0.4, 0.5) is 0 Å². The first kappa shape index (κ1) is 7.98. The molecule has 0 saturated heterocycles. The smallest absolute Gasteiger partial charge is 0.0226 e. The zero-order valence-electron chi connectivity index (χ0n) is 5.45. The molecule has 0 aliphatic rings. The number of rotatable bonds is 2. The molecule has 0 radical (unpaired) electrons. The molecule has 3 heteroatoms. The molecule has 0 aromatic heterocycles. The zero-order valence-corrected chi connectivity index (χ0v) is 7.16. The van der Waals surface area contributed by atoms with Crippen LogP contribution in [0.25, 0.3) is 0 Å². The van der Waals surface area contributed by atoms with Gasteiger partial charge in [-0.3, -0.25) is 5.14 Å². The Labute approximate surface area is 70.5 Å². The van der Waals surface area contributed by atoms with Gasteiger partial charge in [-0.2, -0.15) is 12.6 Å². The van der Waals surface area contributed by atoms with Crippen molar-refractivity contribution in [1.29, 1.82) is 0 Å². The normalized spacial score (nSPS) is 9.80. The highest BCUT2D eigenvalue weighted by molar-refractivity contribution is 7.97. The molecule has 0 unspecified atom stereocenters. The molecule has 0 saturated carbocycles. The molecule has 1 nitrogen and oxygen atoms in total. The minimum atomic E-state index is 0.787. The van der Waals surface area contributed by atoms with E-state index in [0.717, 1.165) is 10.6 Å². The van der Waals surface area contributed by atoms with Crippen molar-refractivity contribution in [1.82, 2.24) is 0 Å².